The third-order valence-electron chi connectivity index (χ3n) is 5.16. The van der Waals surface area contributed by atoms with Gasteiger partial charge in [-0.3, -0.25) is 4.79 Å². The van der Waals surface area contributed by atoms with E-state index in [1.165, 1.54) is 5.56 Å². The van der Waals surface area contributed by atoms with Crippen molar-refractivity contribution in [3.05, 3.63) is 29.7 Å². The highest BCUT2D eigenvalue weighted by Gasteiger charge is 2.28. The van der Waals surface area contributed by atoms with Crippen molar-refractivity contribution in [3.8, 4) is 11.6 Å². The van der Waals surface area contributed by atoms with Crippen LogP contribution in [-0.4, -0.2) is 53.5 Å². The van der Waals surface area contributed by atoms with Crippen molar-refractivity contribution >= 4 is 11.7 Å². The normalized spacial score (nSPS) is 20.1. The van der Waals surface area contributed by atoms with E-state index < -0.39 is 0 Å². The number of furan rings is 1. The number of hydrogen-bond donors (Lipinski definition) is 2. The highest BCUT2D eigenvalue weighted by molar-refractivity contribution is 5.78. The van der Waals surface area contributed by atoms with Gasteiger partial charge >= 0.3 is 0 Å². The molecule has 7 heteroatoms. The van der Waals surface area contributed by atoms with Crippen molar-refractivity contribution in [3.63, 3.8) is 0 Å². The molecule has 7 nitrogen and oxygen atoms in total. The molecule has 0 spiro atoms. The van der Waals surface area contributed by atoms with Crippen LogP contribution in [-0.2, 0) is 17.6 Å². The number of nitrogens with one attached hydrogen (secondary N) is 2. The van der Waals surface area contributed by atoms with Crippen molar-refractivity contribution in [2.45, 2.75) is 26.2 Å². The molecule has 0 bridgehead atoms. The predicted octanol–water partition coefficient (Wildman–Crippen LogP) is 1.71. The minimum atomic E-state index is 0.251. The molecule has 26 heavy (non-hydrogen) atoms. The number of fused-ring (bicyclic) bond motifs is 1. The highest BCUT2D eigenvalue weighted by atomic mass is 16.3. The summed E-state index contributed by atoms with van der Waals surface area (Å²) in [5, 5.41) is 6.93. The maximum absolute atomic E-state index is 12.0. The van der Waals surface area contributed by atoms with Gasteiger partial charge in [-0.15, -0.1) is 0 Å². The number of amides is 1. The molecule has 2 aromatic rings. The van der Waals surface area contributed by atoms with E-state index in [0.29, 0.717) is 23.9 Å². The molecule has 1 fully saturated rings. The fraction of sp³-hybridized carbons (Fsp3) is 0.526. The highest BCUT2D eigenvalue weighted by Crippen LogP contribution is 2.26. The van der Waals surface area contributed by atoms with Gasteiger partial charge in [0.25, 0.3) is 0 Å². The first-order valence-corrected chi connectivity index (χ1v) is 9.40. The van der Waals surface area contributed by atoms with Crippen molar-refractivity contribution in [1.29, 1.82) is 0 Å². The fourth-order valence-electron chi connectivity index (χ4n) is 3.74. The van der Waals surface area contributed by atoms with Gasteiger partial charge in [0.2, 0.25) is 5.91 Å². The predicted molar refractivity (Wildman–Crippen MR) is 98.9 cm³/mol. The third-order valence-corrected chi connectivity index (χ3v) is 5.16. The molecule has 2 aliphatic rings. The molecular weight excluding hydrogens is 330 g/mol. The van der Waals surface area contributed by atoms with Crippen LogP contribution < -0.4 is 10.6 Å². The molecule has 2 aliphatic heterocycles. The maximum atomic E-state index is 12.0. The Morgan fingerprint density at radius 2 is 2.23 bits per heavy atom. The Morgan fingerprint density at radius 3 is 3.00 bits per heavy atom. The zero-order valence-corrected chi connectivity index (χ0v) is 15.1. The monoisotopic (exact) mass is 355 g/mol. The second-order valence-corrected chi connectivity index (χ2v) is 6.93. The van der Waals surface area contributed by atoms with Crippen molar-refractivity contribution in [2.75, 3.05) is 38.0 Å². The zero-order valence-electron chi connectivity index (χ0n) is 15.1. The first-order valence-electron chi connectivity index (χ1n) is 9.40. The summed E-state index contributed by atoms with van der Waals surface area (Å²) in [4.78, 5) is 23.4. The van der Waals surface area contributed by atoms with E-state index in [2.05, 4.69) is 10.6 Å². The molecule has 4 heterocycles. The number of rotatable bonds is 5. The second-order valence-electron chi connectivity index (χ2n) is 6.93. The van der Waals surface area contributed by atoms with Crippen molar-refractivity contribution in [2.24, 2.45) is 5.92 Å². The maximum Gasteiger partial charge on any atom is 0.222 e. The van der Waals surface area contributed by atoms with E-state index in [1.54, 1.807) is 6.26 Å². The van der Waals surface area contributed by atoms with Gasteiger partial charge in [0.05, 0.1) is 12.0 Å². The van der Waals surface area contributed by atoms with Crippen LogP contribution in [0.2, 0.25) is 0 Å². The molecule has 2 aromatic heterocycles. The number of hydrogen-bond acceptors (Lipinski definition) is 6. The lowest BCUT2D eigenvalue weighted by atomic mass is 10.1. The summed E-state index contributed by atoms with van der Waals surface area (Å²) < 4.78 is 5.50. The summed E-state index contributed by atoms with van der Waals surface area (Å²) in [5.74, 6) is 2.76. The van der Waals surface area contributed by atoms with Gasteiger partial charge in [-0.25, -0.2) is 9.97 Å². The van der Waals surface area contributed by atoms with Gasteiger partial charge in [-0.2, -0.15) is 0 Å². The van der Waals surface area contributed by atoms with Crippen molar-refractivity contribution < 1.29 is 9.21 Å². The second kappa shape index (κ2) is 7.45. The summed E-state index contributed by atoms with van der Waals surface area (Å²) >= 11 is 0. The number of nitrogens with zero attached hydrogens (tertiary/aromatic N) is 3. The quantitative estimate of drug-likeness (QED) is 0.849. The number of carbonyl (C=O) groups is 1. The van der Waals surface area contributed by atoms with E-state index in [9.17, 15) is 4.79 Å². The molecule has 0 aliphatic carbocycles. The SMILES string of the molecule is CCN1CC(CNc2nc(-c3ccco3)nc3c2CCNCC3)CC1=O. The smallest absolute Gasteiger partial charge is 0.222 e. The molecule has 1 amide bonds. The lowest BCUT2D eigenvalue weighted by Crippen LogP contribution is -2.25. The molecule has 1 atom stereocenters. The summed E-state index contributed by atoms with van der Waals surface area (Å²) in [6, 6.07) is 3.73. The van der Waals surface area contributed by atoms with Crippen LogP contribution in [0.25, 0.3) is 11.6 Å². The lowest BCUT2D eigenvalue weighted by molar-refractivity contribution is -0.127. The average molecular weight is 355 g/mol. The van der Waals surface area contributed by atoms with Gasteiger partial charge in [0.15, 0.2) is 11.6 Å². The van der Waals surface area contributed by atoms with E-state index >= 15 is 0 Å². The molecule has 0 saturated carbocycles. The summed E-state index contributed by atoms with van der Waals surface area (Å²) in [6.07, 6.45) is 4.04. The minimum absolute atomic E-state index is 0.251. The molecule has 138 valence electrons. The standard InChI is InChI=1S/C19H25N5O2/c1-2-24-12-13(10-17(24)25)11-21-18-14-5-7-20-8-6-15(14)22-19(23-18)16-4-3-9-26-16/h3-4,9,13,20H,2,5-8,10-12H2,1H3,(H,21,22,23). The Bertz CT molecular complexity index is 774. The van der Waals surface area contributed by atoms with E-state index in [4.69, 9.17) is 14.4 Å². The van der Waals surface area contributed by atoms with Crippen molar-refractivity contribution in [1.82, 2.24) is 20.2 Å². The summed E-state index contributed by atoms with van der Waals surface area (Å²) in [7, 11) is 0. The first-order chi connectivity index (χ1) is 12.7. The summed E-state index contributed by atoms with van der Waals surface area (Å²) in [5.41, 5.74) is 2.26. The van der Waals surface area contributed by atoms with Crippen LogP contribution in [0.1, 0.15) is 24.6 Å². The molecule has 2 N–H and O–H groups in total. The van der Waals surface area contributed by atoms with Crippen LogP contribution in [0.3, 0.4) is 0 Å². The van der Waals surface area contributed by atoms with Gasteiger partial charge in [0.1, 0.15) is 5.82 Å². The van der Waals surface area contributed by atoms with Gasteiger partial charge in [-0.1, -0.05) is 0 Å². The number of anilines is 1. The Kier molecular flexibility index (Phi) is 4.88. The fourth-order valence-corrected chi connectivity index (χ4v) is 3.74. The van der Waals surface area contributed by atoms with E-state index in [1.807, 2.05) is 24.0 Å². The number of aromatic nitrogens is 2. The number of likely N-dealkylation sites (tertiary alicyclic amines) is 1. The first kappa shape index (κ1) is 17.0. The van der Waals surface area contributed by atoms with E-state index in [0.717, 1.165) is 57.1 Å². The Hall–Kier alpha value is -2.41. The minimum Gasteiger partial charge on any atom is -0.461 e. The molecular formula is C19H25N5O2. The summed E-state index contributed by atoms with van der Waals surface area (Å²) in [6.45, 7) is 6.23. The van der Waals surface area contributed by atoms with Crippen LogP contribution in [0.5, 0.6) is 0 Å². The van der Waals surface area contributed by atoms with Gasteiger partial charge in [-0.05, 0) is 32.0 Å². The van der Waals surface area contributed by atoms with E-state index in [-0.39, 0.29) is 5.91 Å². The Labute approximate surface area is 153 Å². The van der Waals surface area contributed by atoms with Gasteiger partial charge in [0, 0.05) is 50.5 Å². The van der Waals surface area contributed by atoms with Crippen LogP contribution in [0, 0.1) is 5.92 Å². The molecule has 1 unspecified atom stereocenters. The largest absolute Gasteiger partial charge is 0.461 e. The Balaban J connectivity index is 1.58. The van der Waals surface area contributed by atoms with Gasteiger partial charge < -0.3 is 20.0 Å². The topological polar surface area (TPSA) is 83.3 Å². The van der Waals surface area contributed by atoms with Crippen LogP contribution >= 0.6 is 0 Å². The molecule has 0 radical (unpaired) electrons. The molecule has 0 aromatic carbocycles. The third kappa shape index (κ3) is 3.44. The Morgan fingerprint density at radius 1 is 1.35 bits per heavy atom. The lowest BCUT2D eigenvalue weighted by Gasteiger charge is -2.17. The molecule has 1 saturated heterocycles. The number of carbonyl (C=O) groups excluding carboxylic acids is 1. The molecule has 4 rings (SSSR count). The zero-order chi connectivity index (χ0) is 17.9. The van der Waals surface area contributed by atoms with Crippen LogP contribution in [0.4, 0.5) is 5.82 Å². The average Bonchev–Trinajstić information content (AvgIpc) is 3.24. The van der Waals surface area contributed by atoms with Crippen LogP contribution in [0.15, 0.2) is 22.8 Å².